The Morgan fingerprint density at radius 1 is 1.05 bits per heavy atom. The van der Waals surface area contributed by atoms with E-state index in [0.29, 0.717) is 5.56 Å². The van der Waals surface area contributed by atoms with E-state index < -0.39 is 11.1 Å². The summed E-state index contributed by atoms with van der Waals surface area (Å²) in [5, 5.41) is 18.2. The number of halogens is 1. The number of carboxylic acid groups (broad SMARTS) is 1. The van der Waals surface area contributed by atoms with Crippen LogP contribution in [0.4, 0.5) is 10.5 Å². The first-order valence-corrected chi connectivity index (χ1v) is 6.13. The highest BCUT2D eigenvalue weighted by Crippen LogP contribution is 2.20. The number of carbonyl (C=O) groups is 2. The third-order valence-corrected chi connectivity index (χ3v) is 2.58. The number of hydrogen-bond donors (Lipinski definition) is 1. The molecule has 0 amide bonds. The van der Waals surface area contributed by atoms with Gasteiger partial charge in [-0.3, -0.25) is 14.9 Å². The van der Waals surface area contributed by atoms with E-state index in [2.05, 4.69) is 16.2 Å². The molecule has 0 atom stereocenters. The number of nitro benzene ring substituents is 1. The van der Waals surface area contributed by atoms with Gasteiger partial charge < -0.3 is 9.40 Å². The molecule has 0 aliphatic rings. The maximum atomic E-state index is 12.1. The molecule has 0 fully saturated rings. The normalized spacial score (nSPS) is 9.14. The fraction of sp³-hybridized carbons (Fsp3) is 0. The second-order valence-electron chi connectivity index (χ2n) is 3.81. The lowest BCUT2D eigenvalue weighted by Crippen LogP contribution is -2.04. The van der Waals surface area contributed by atoms with Crippen LogP contribution in [0.3, 0.4) is 0 Å². The Labute approximate surface area is 130 Å². The van der Waals surface area contributed by atoms with Crippen LogP contribution in [0.2, 0.25) is 0 Å². The fourth-order valence-corrected chi connectivity index (χ4v) is 1.57. The second kappa shape index (κ2) is 8.38. The first-order valence-electron chi connectivity index (χ1n) is 5.82. The molecule has 0 radical (unpaired) electrons. The SMILES string of the molecule is O=C(O)OCl.O=C(c1ccccc1)c1ccccc1[N+](=O)[O-]. The average Bonchev–Trinajstić information content (AvgIpc) is 2.55. The minimum atomic E-state index is -1.48. The number of carbonyl (C=O) groups excluding carboxylic acids is 1. The smallest absolute Gasteiger partial charge is 0.449 e. The first kappa shape index (κ1) is 17.1. The van der Waals surface area contributed by atoms with E-state index in [4.69, 9.17) is 9.90 Å². The van der Waals surface area contributed by atoms with Gasteiger partial charge in [0.05, 0.1) is 4.92 Å². The number of nitrogens with zero attached hydrogens (tertiary/aromatic N) is 1. The van der Waals surface area contributed by atoms with Crippen molar-refractivity contribution in [1.82, 2.24) is 0 Å². The van der Waals surface area contributed by atoms with Crippen molar-refractivity contribution < 1.29 is 23.9 Å². The van der Waals surface area contributed by atoms with Gasteiger partial charge in [-0.15, -0.1) is 0 Å². The van der Waals surface area contributed by atoms with Crippen molar-refractivity contribution in [3.63, 3.8) is 0 Å². The molecule has 0 aliphatic carbocycles. The molecule has 0 bridgehead atoms. The monoisotopic (exact) mass is 323 g/mol. The quantitative estimate of drug-likeness (QED) is 0.524. The molecular weight excluding hydrogens is 314 g/mol. The topological polar surface area (TPSA) is 107 Å². The Morgan fingerprint density at radius 3 is 2.05 bits per heavy atom. The summed E-state index contributed by atoms with van der Waals surface area (Å²) < 4.78 is 3.14. The van der Waals surface area contributed by atoms with E-state index in [9.17, 15) is 14.9 Å². The van der Waals surface area contributed by atoms with E-state index in [1.807, 2.05) is 0 Å². The predicted molar refractivity (Wildman–Crippen MR) is 77.9 cm³/mol. The standard InChI is InChI=1S/C13H9NO3.CHClO3/c15-13(10-6-2-1-3-7-10)11-8-4-5-9-12(11)14(16)17;2-5-1(3)4/h1-9H;(H,3,4). The van der Waals surface area contributed by atoms with Crippen LogP contribution in [0, 0.1) is 10.1 Å². The van der Waals surface area contributed by atoms with Gasteiger partial charge in [-0.2, -0.15) is 0 Å². The van der Waals surface area contributed by atoms with Gasteiger partial charge in [0.1, 0.15) is 17.4 Å². The largest absolute Gasteiger partial charge is 0.524 e. The zero-order valence-corrected chi connectivity index (χ0v) is 11.8. The second-order valence-corrected chi connectivity index (χ2v) is 3.97. The van der Waals surface area contributed by atoms with E-state index >= 15 is 0 Å². The molecular formula is C14H10ClNO6. The van der Waals surface area contributed by atoms with Crippen molar-refractivity contribution in [3.05, 3.63) is 75.8 Å². The number of benzene rings is 2. The molecule has 1 N–H and O–H groups in total. The van der Waals surface area contributed by atoms with Gasteiger partial charge in [-0.1, -0.05) is 42.5 Å². The first-order chi connectivity index (χ1) is 10.5. The Bertz CT molecular complexity index is 674. The number of para-hydroxylation sites is 1. The van der Waals surface area contributed by atoms with Gasteiger partial charge in [0, 0.05) is 11.6 Å². The van der Waals surface area contributed by atoms with Crippen molar-refractivity contribution in [2.45, 2.75) is 0 Å². The molecule has 114 valence electrons. The van der Waals surface area contributed by atoms with Crippen LogP contribution < -0.4 is 0 Å². The molecule has 2 rings (SSSR count). The summed E-state index contributed by atoms with van der Waals surface area (Å²) in [6, 6.07) is 14.5. The zero-order valence-electron chi connectivity index (χ0n) is 11.0. The fourth-order valence-electron chi connectivity index (χ4n) is 1.57. The molecule has 0 aliphatic heterocycles. The average molecular weight is 324 g/mol. The van der Waals surface area contributed by atoms with E-state index in [0.717, 1.165) is 0 Å². The zero-order chi connectivity index (χ0) is 16.5. The summed E-state index contributed by atoms with van der Waals surface area (Å²) in [4.78, 5) is 31.3. The van der Waals surface area contributed by atoms with Crippen LogP contribution in [0.1, 0.15) is 15.9 Å². The number of rotatable bonds is 3. The van der Waals surface area contributed by atoms with Crippen molar-refractivity contribution in [1.29, 1.82) is 0 Å². The molecule has 0 heterocycles. The Morgan fingerprint density at radius 2 is 1.55 bits per heavy atom. The number of hydrogen-bond acceptors (Lipinski definition) is 5. The van der Waals surface area contributed by atoms with Gasteiger partial charge in [0.25, 0.3) is 5.69 Å². The molecule has 0 unspecified atom stereocenters. The molecule has 0 spiro atoms. The van der Waals surface area contributed by atoms with Gasteiger partial charge >= 0.3 is 6.16 Å². The predicted octanol–water partition coefficient (Wildman–Crippen LogP) is 3.66. The van der Waals surface area contributed by atoms with Gasteiger partial charge in [-0.25, -0.2) is 4.79 Å². The van der Waals surface area contributed by atoms with Crippen LogP contribution in [0.15, 0.2) is 54.6 Å². The molecule has 7 nitrogen and oxygen atoms in total. The third-order valence-electron chi connectivity index (χ3n) is 2.45. The van der Waals surface area contributed by atoms with Crippen molar-refractivity contribution >= 4 is 29.5 Å². The van der Waals surface area contributed by atoms with E-state index in [-0.39, 0.29) is 17.0 Å². The van der Waals surface area contributed by atoms with Gasteiger partial charge in [0.15, 0.2) is 5.78 Å². The summed E-state index contributed by atoms with van der Waals surface area (Å²) in [5.41, 5.74) is 0.395. The van der Waals surface area contributed by atoms with Crippen molar-refractivity contribution in [2.75, 3.05) is 0 Å². The summed E-state index contributed by atoms with van der Waals surface area (Å²) in [6.45, 7) is 0. The molecule has 2 aromatic carbocycles. The lowest BCUT2D eigenvalue weighted by atomic mass is 10.0. The number of ketones is 1. The molecule has 22 heavy (non-hydrogen) atoms. The summed E-state index contributed by atoms with van der Waals surface area (Å²) >= 11 is 4.24. The van der Waals surface area contributed by atoms with E-state index in [1.54, 1.807) is 42.5 Å². The molecule has 2 aromatic rings. The van der Waals surface area contributed by atoms with Gasteiger partial charge in [-0.05, 0) is 6.07 Å². The maximum Gasteiger partial charge on any atom is 0.524 e. The maximum absolute atomic E-state index is 12.1. The molecule has 0 saturated heterocycles. The minimum absolute atomic E-state index is 0.115. The highest BCUT2D eigenvalue weighted by atomic mass is 35.5. The highest BCUT2D eigenvalue weighted by Gasteiger charge is 2.19. The van der Waals surface area contributed by atoms with Gasteiger partial charge in [0.2, 0.25) is 0 Å². The third kappa shape index (κ3) is 4.88. The number of nitro groups is 1. The lowest BCUT2D eigenvalue weighted by molar-refractivity contribution is -0.385. The summed E-state index contributed by atoms with van der Waals surface area (Å²) in [6.07, 6.45) is -1.48. The van der Waals surface area contributed by atoms with E-state index in [1.165, 1.54) is 12.1 Å². The summed E-state index contributed by atoms with van der Waals surface area (Å²) in [7, 11) is 0. The van der Waals surface area contributed by atoms with Crippen LogP contribution in [0.25, 0.3) is 0 Å². The van der Waals surface area contributed by atoms with Crippen molar-refractivity contribution in [3.8, 4) is 0 Å². The molecule has 0 saturated carbocycles. The highest BCUT2D eigenvalue weighted by molar-refractivity contribution is 6.12. The Hall–Kier alpha value is -2.93. The van der Waals surface area contributed by atoms with Crippen LogP contribution >= 0.6 is 11.9 Å². The summed E-state index contributed by atoms with van der Waals surface area (Å²) in [5.74, 6) is -0.335. The van der Waals surface area contributed by atoms with Crippen LogP contribution in [-0.2, 0) is 4.29 Å². The van der Waals surface area contributed by atoms with Crippen LogP contribution in [0.5, 0.6) is 0 Å². The molecule has 8 heteroatoms. The van der Waals surface area contributed by atoms with Crippen LogP contribution in [-0.4, -0.2) is 22.0 Å². The Balaban J connectivity index is 0.000000422. The van der Waals surface area contributed by atoms with Crippen molar-refractivity contribution in [2.24, 2.45) is 0 Å². The lowest BCUT2D eigenvalue weighted by Gasteiger charge is -2.01. The Kier molecular flexibility index (Phi) is 6.52. The minimum Gasteiger partial charge on any atom is -0.449 e. The molecule has 0 aromatic heterocycles.